The van der Waals surface area contributed by atoms with Crippen LogP contribution < -0.4 is 0 Å². The van der Waals surface area contributed by atoms with Gasteiger partial charge in [-0.2, -0.15) is 0 Å². The highest BCUT2D eigenvalue weighted by atomic mass is 16.3. The first-order valence-corrected chi connectivity index (χ1v) is 5.33. The first kappa shape index (κ1) is 11.3. The quantitative estimate of drug-likeness (QED) is 0.777. The van der Waals surface area contributed by atoms with Crippen molar-refractivity contribution in [2.45, 2.75) is 33.1 Å². The summed E-state index contributed by atoms with van der Waals surface area (Å²) in [6.45, 7) is 6.74. The molecule has 0 heterocycles. The Morgan fingerprint density at radius 3 is 2.07 bits per heavy atom. The summed E-state index contributed by atoms with van der Waals surface area (Å²) in [5.41, 5.74) is 2.70. The summed E-state index contributed by atoms with van der Waals surface area (Å²) in [5, 5.41) is 8.94. The molecule has 1 rings (SSSR count). The highest BCUT2D eigenvalue weighted by molar-refractivity contribution is 5.24. The van der Waals surface area contributed by atoms with E-state index in [0.29, 0.717) is 11.8 Å². The fourth-order valence-electron chi connectivity index (χ4n) is 1.51. The third-order valence-corrected chi connectivity index (χ3v) is 2.54. The molecule has 1 heteroatoms. The average Bonchev–Trinajstić information content (AvgIpc) is 2.18. The molecule has 0 radical (unpaired) electrons. The van der Waals surface area contributed by atoms with E-state index in [1.807, 2.05) is 0 Å². The first-order valence-electron chi connectivity index (χ1n) is 5.33. The van der Waals surface area contributed by atoms with Crippen molar-refractivity contribution in [1.82, 2.24) is 0 Å². The normalized spacial score (nSPS) is 13.2. The molecule has 0 spiro atoms. The van der Waals surface area contributed by atoms with Crippen LogP contribution in [0.15, 0.2) is 24.3 Å². The zero-order valence-corrected chi connectivity index (χ0v) is 9.33. The van der Waals surface area contributed by atoms with Crippen LogP contribution in [0.1, 0.15) is 37.8 Å². The zero-order chi connectivity index (χ0) is 10.6. The molecule has 0 aliphatic heterocycles. The summed E-state index contributed by atoms with van der Waals surface area (Å²) in [4.78, 5) is 0. The lowest BCUT2D eigenvalue weighted by Gasteiger charge is -2.09. The van der Waals surface area contributed by atoms with Crippen molar-refractivity contribution in [3.05, 3.63) is 35.4 Å². The SMILES string of the molecule is CC(C)c1ccc(C[C@@H](C)CO)cc1. The molecule has 1 aromatic rings. The van der Waals surface area contributed by atoms with Crippen LogP contribution in [-0.2, 0) is 6.42 Å². The van der Waals surface area contributed by atoms with Gasteiger partial charge < -0.3 is 5.11 Å². The van der Waals surface area contributed by atoms with Gasteiger partial charge in [-0.1, -0.05) is 45.0 Å². The Bertz CT molecular complexity index is 261. The third kappa shape index (κ3) is 3.15. The predicted molar refractivity (Wildman–Crippen MR) is 60.5 cm³/mol. The maximum atomic E-state index is 8.94. The van der Waals surface area contributed by atoms with Crippen LogP contribution in [0.3, 0.4) is 0 Å². The molecule has 0 saturated carbocycles. The molecule has 0 saturated heterocycles. The second kappa shape index (κ2) is 5.16. The fourth-order valence-corrected chi connectivity index (χ4v) is 1.51. The monoisotopic (exact) mass is 192 g/mol. The summed E-state index contributed by atoms with van der Waals surface area (Å²) in [6.07, 6.45) is 0.967. The zero-order valence-electron chi connectivity index (χ0n) is 9.33. The molecule has 1 atom stereocenters. The fraction of sp³-hybridized carbons (Fsp3) is 0.538. The molecule has 78 valence electrons. The van der Waals surface area contributed by atoms with Gasteiger partial charge in [-0.3, -0.25) is 0 Å². The van der Waals surface area contributed by atoms with Crippen LogP contribution in [0.25, 0.3) is 0 Å². The van der Waals surface area contributed by atoms with Gasteiger partial charge in [0.25, 0.3) is 0 Å². The molecular formula is C13H20O. The second-order valence-electron chi connectivity index (χ2n) is 4.39. The van der Waals surface area contributed by atoms with Crippen molar-refractivity contribution < 1.29 is 5.11 Å². The van der Waals surface area contributed by atoms with Gasteiger partial charge in [0.15, 0.2) is 0 Å². The molecule has 14 heavy (non-hydrogen) atoms. The molecule has 0 aromatic heterocycles. The third-order valence-electron chi connectivity index (χ3n) is 2.54. The van der Waals surface area contributed by atoms with Crippen molar-refractivity contribution in [2.24, 2.45) is 5.92 Å². The van der Waals surface area contributed by atoms with Crippen molar-refractivity contribution >= 4 is 0 Å². The van der Waals surface area contributed by atoms with Crippen molar-refractivity contribution in [2.75, 3.05) is 6.61 Å². The molecular weight excluding hydrogens is 172 g/mol. The predicted octanol–water partition coefficient (Wildman–Crippen LogP) is 2.98. The molecule has 0 aliphatic carbocycles. The minimum atomic E-state index is 0.270. The van der Waals surface area contributed by atoms with Gasteiger partial charge >= 0.3 is 0 Å². The number of aliphatic hydroxyl groups excluding tert-OH is 1. The molecule has 0 aliphatic rings. The Balaban J connectivity index is 2.64. The molecule has 0 fully saturated rings. The largest absolute Gasteiger partial charge is 0.396 e. The van der Waals surface area contributed by atoms with E-state index in [0.717, 1.165) is 6.42 Å². The van der Waals surface area contributed by atoms with Crippen LogP contribution in [0.5, 0.6) is 0 Å². The summed E-state index contributed by atoms with van der Waals surface area (Å²) in [5.74, 6) is 0.958. The Hall–Kier alpha value is -0.820. The number of hydrogen-bond acceptors (Lipinski definition) is 1. The lowest BCUT2D eigenvalue weighted by molar-refractivity contribution is 0.237. The van der Waals surface area contributed by atoms with Crippen LogP contribution >= 0.6 is 0 Å². The first-order chi connectivity index (χ1) is 6.63. The molecule has 0 unspecified atom stereocenters. The topological polar surface area (TPSA) is 20.2 Å². The van der Waals surface area contributed by atoms with Crippen LogP contribution in [0.2, 0.25) is 0 Å². The second-order valence-corrected chi connectivity index (χ2v) is 4.39. The maximum Gasteiger partial charge on any atom is 0.0459 e. The van der Waals surface area contributed by atoms with Crippen LogP contribution in [0, 0.1) is 5.92 Å². The summed E-state index contributed by atoms with van der Waals surface area (Å²) < 4.78 is 0. The standard InChI is InChI=1S/C13H20O/c1-10(2)13-6-4-12(5-7-13)8-11(3)9-14/h4-7,10-11,14H,8-9H2,1-3H3/t11-/m1/s1. The molecule has 1 nitrogen and oxygen atoms in total. The highest BCUT2D eigenvalue weighted by Gasteiger charge is 2.03. The Morgan fingerprint density at radius 2 is 1.64 bits per heavy atom. The molecule has 1 N–H and O–H groups in total. The minimum Gasteiger partial charge on any atom is -0.396 e. The summed E-state index contributed by atoms with van der Waals surface area (Å²) in [6, 6.07) is 8.71. The Kier molecular flexibility index (Phi) is 4.15. The van der Waals surface area contributed by atoms with Gasteiger partial charge in [0.1, 0.15) is 0 Å². The Morgan fingerprint density at radius 1 is 1.07 bits per heavy atom. The number of aliphatic hydroxyl groups is 1. The number of hydrogen-bond donors (Lipinski definition) is 1. The van der Waals surface area contributed by atoms with E-state index < -0.39 is 0 Å². The summed E-state index contributed by atoms with van der Waals surface area (Å²) >= 11 is 0. The van der Waals surface area contributed by atoms with Gasteiger partial charge in [-0.25, -0.2) is 0 Å². The van der Waals surface area contributed by atoms with Gasteiger partial charge in [0, 0.05) is 6.61 Å². The van der Waals surface area contributed by atoms with E-state index in [-0.39, 0.29) is 6.61 Å². The number of rotatable bonds is 4. The number of benzene rings is 1. The van der Waals surface area contributed by atoms with Crippen LogP contribution in [-0.4, -0.2) is 11.7 Å². The average molecular weight is 192 g/mol. The van der Waals surface area contributed by atoms with Gasteiger partial charge in [-0.15, -0.1) is 0 Å². The van der Waals surface area contributed by atoms with E-state index in [1.54, 1.807) is 0 Å². The van der Waals surface area contributed by atoms with Gasteiger partial charge in [0.05, 0.1) is 0 Å². The molecule has 1 aromatic carbocycles. The van der Waals surface area contributed by atoms with Crippen molar-refractivity contribution in [1.29, 1.82) is 0 Å². The maximum absolute atomic E-state index is 8.94. The Labute approximate surface area is 86.8 Å². The van der Waals surface area contributed by atoms with Crippen LogP contribution in [0.4, 0.5) is 0 Å². The lowest BCUT2D eigenvalue weighted by Crippen LogP contribution is -2.04. The van der Waals surface area contributed by atoms with E-state index in [1.165, 1.54) is 11.1 Å². The van der Waals surface area contributed by atoms with Gasteiger partial charge in [0.2, 0.25) is 0 Å². The highest BCUT2D eigenvalue weighted by Crippen LogP contribution is 2.16. The minimum absolute atomic E-state index is 0.270. The summed E-state index contributed by atoms with van der Waals surface area (Å²) in [7, 11) is 0. The molecule has 0 amide bonds. The van der Waals surface area contributed by atoms with E-state index in [4.69, 9.17) is 5.11 Å². The lowest BCUT2D eigenvalue weighted by atomic mass is 9.97. The smallest absolute Gasteiger partial charge is 0.0459 e. The van der Waals surface area contributed by atoms with E-state index >= 15 is 0 Å². The van der Waals surface area contributed by atoms with Crippen molar-refractivity contribution in [3.63, 3.8) is 0 Å². The van der Waals surface area contributed by atoms with E-state index in [2.05, 4.69) is 45.0 Å². The molecule has 0 bridgehead atoms. The van der Waals surface area contributed by atoms with E-state index in [9.17, 15) is 0 Å². The van der Waals surface area contributed by atoms with Gasteiger partial charge in [-0.05, 0) is 29.4 Å². The van der Waals surface area contributed by atoms with Crippen molar-refractivity contribution in [3.8, 4) is 0 Å².